The van der Waals surface area contributed by atoms with Crippen molar-refractivity contribution in [3.05, 3.63) is 33.3 Å². The van der Waals surface area contributed by atoms with Crippen molar-refractivity contribution >= 4 is 33.4 Å². The summed E-state index contributed by atoms with van der Waals surface area (Å²) in [5.74, 6) is -0.0625. The highest BCUT2D eigenvalue weighted by Gasteiger charge is 2.16. The van der Waals surface area contributed by atoms with E-state index in [1.54, 1.807) is 18.2 Å². The molecule has 2 N–H and O–H groups in total. The first kappa shape index (κ1) is 14.5. The van der Waals surface area contributed by atoms with Gasteiger partial charge < -0.3 is 10.4 Å². The van der Waals surface area contributed by atoms with Crippen molar-refractivity contribution in [2.24, 2.45) is 5.92 Å². The molecule has 0 fully saturated rings. The maximum absolute atomic E-state index is 11.9. The number of carbonyl (C=O) groups is 1. The third-order valence-electron chi connectivity index (χ3n) is 2.44. The number of hydrogen-bond donors (Lipinski definition) is 2. The number of halogens is 2. The highest BCUT2D eigenvalue weighted by atomic mass is 79.9. The Morgan fingerprint density at radius 3 is 2.59 bits per heavy atom. The van der Waals surface area contributed by atoms with Crippen LogP contribution in [-0.4, -0.2) is 23.7 Å². The lowest BCUT2D eigenvalue weighted by molar-refractivity contribution is 0.0897. The van der Waals surface area contributed by atoms with Gasteiger partial charge in [0.15, 0.2) is 0 Å². The van der Waals surface area contributed by atoms with E-state index in [-0.39, 0.29) is 24.5 Å². The third kappa shape index (κ3) is 4.30. The van der Waals surface area contributed by atoms with E-state index < -0.39 is 0 Å². The average Bonchev–Trinajstić information content (AvgIpc) is 2.23. The van der Waals surface area contributed by atoms with Gasteiger partial charge in [-0.2, -0.15) is 0 Å². The monoisotopic (exact) mass is 319 g/mol. The van der Waals surface area contributed by atoms with Gasteiger partial charge in [0, 0.05) is 15.1 Å². The summed E-state index contributed by atoms with van der Waals surface area (Å²) in [7, 11) is 0. The molecule has 0 saturated heterocycles. The van der Waals surface area contributed by atoms with Gasteiger partial charge in [0.25, 0.3) is 5.91 Å². The summed E-state index contributed by atoms with van der Waals surface area (Å²) in [4.78, 5) is 11.9. The fourth-order valence-corrected chi connectivity index (χ4v) is 2.22. The molecule has 1 aromatic rings. The molecule has 1 atom stereocenters. The zero-order chi connectivity index (χ0) is 13.0. The van der Waals surface area contributed by atoms with E-state index in [0.29, 0.717) is 10.6 Å². The molecule has 0 bridgehead atoms. The zero-order valence-corrected chi connectivity index (χ0v) is 12.0. The molecule has 1 aromatic carbocycles. The van der Waals surface area contributed by atoms with Gasteiger partial charge >= 0.3 is 0 Å². The zero-order valence-electron chi connectivity index (χ0n) is 9.71. The lowest BCUT2D eigenvalue weighted by Gasteiger charge is -2.20. The Morgan fingerprint density at radius 2 is 2.12 bits per heavy atom. The summed E-state index contributed by atoms with van der Waals surface area (Å²) in [6.45, 7) is 3.80. The van der Waals surface area contributed by atoms with E-state index in [2.05, 4.69) is 21.2 Å². The number of carbonyl (C=O) groups excluding carboxylic acids is 1. The summed E-state index contributed by atoms with van der Waals surface area (Å²) in [6.07, 6.45) is 0. The van der Waals surface area contributed by atoms with Crippen LogP contribution in [0.2, 0.25) is 5.02 Å². The molecular weight excluding hydrogens is 305 g/mol. The molecule has 0 aliphatic carbocycles. The third-order valence-corrected chi connectivity index (χ3v) is 3.12. The van der Waals surface area contributed by atoms with Gasteiger partial charge in [-0.05, 0) is 24.1 Å². The summed E-state index contributed by atoms with van der Waals surface area (Å²) < 4.78 is 0.750. The molecule has 1 amide bonds. The number of amides is 1. The first-order chi connectivity index (χ1) is 7.93. The number of benzene rings is 1. The van der Waals surface area contributed by atoms with E-state index in [9.17, 15) is 4.79 Å². The van der Waals surface area contributed by atoms with Crippen LogP contribution in [0.15, 0.2) is 22.7 Å². The number of hydrogen-bond acceptors (Lipinski definition) is 2. The molecule has 0 aromatic heterocycles. The minimum atomic E-state index is -0.250. The fourth-order valence-electron chi connectivity index (χ4n) is 1.36. The lowest BCUT2D eigenvalue weighted by Crippen LogP contribution is -2.41. The Balaban J connectivity index is 2.82. The van der Waals surface area contributed by atoms with Gasteiger partial charge in [-0.15, -0.1) is 0 Å². The van der Waals surface area contributed by atoms with E-state index in [0.717, 1.165) is 4.47 Å². The lowest BCUT2D eigenvalue weighted by atomic mass is 10.0. The van der Waals surface area contributed by atoms with Crippen molar-refractivity contribution in [3.63, 3.8) is 0 Å². The molecule has 5 heteroatoms. The predicted molar refractivity (Wildman–Crippen MR) is 72.3 cm³/mol. The topological polar surface area (TPSA) is 49.3 Å². The number of nitrogens with one attached hydrogen (secondary N) is 1. The van der Waals surface area contributed by atoms with Crippen LogP contribution in [0.3, 0.4) is 0 Å². The molecule has 94 valence electrons. The Labute approximate surface area is 114 Å². The van der Waals surface area contributed by atoms with Crippen molar-refractivity contribution in [3.8, 4) is 0 Å². The Morgan fingerprint density at radius 1 is 1.47 bits per heavy atom. The van der Waals surface area contributed by atoms with Gasteiger partial charge in [-0.3, -0.25) is 4.79 Å². The Hall–Kier alpha value is -0.580. The van der Waals surface area contributed by atoms with Crippen LogP contribution in [0, 0.1) is 5.92 Å². The van der Waals surface area contributed by atoms with Crippen LogP contribution in [-0.2, 0) is 0 Å². The van der Waals surface area contributed by atoms with Crippen LogP contribution in [0.25, 0.3) is 0 Å². The summed E-state index contributed by atoms with van der Waals surface area (Å²) in [5.41, 5.74) is 0.475. The molecular formula is C12H15BrClNO2. The SMILES string of the molecule is CC(C)[C@@H](CO)NC(=O)c1cc(Cl)cc(Br)c1. The van der Waals surface area contributed by atoms with Gasteiger partial charge in [-0.25, -0.2) is 0 Å². The molecule has 0 unspecified atom stereocenters. The second-order valence-electron chi connectivity index (χ2n) is 4.16. The standard InChI is InChI=1S/C12H15BrClNO2/c1-7(2)11(6-16)15-12(17)8-3-9(13)5-10(14)4-8/h3-5,7,11,16H,6H2,1-2H3,(H,15,17)/t11-/m1/s1. The van der Waals surface area contributed by atoms with E-state index >= 15 is 0 Å². The normalized spacial score (nSPS) is 12.6. The van der Waals surface area contributed by atoms with Crippen LogP contribution in [0.1, 0.15) is 24.2 Å². The van der Waals surface area contributed by atoms with E-state index in [1.807, 2.05) is 13.8 Å². The maximum Gasteiger partial charge on any atom is 0.251 e. The van der Waals surface area contributed by atoms with Crippen molar-refractivity contribution in [1.82, 2.24) is 5.32 Å². The van der Waals surface area contributed by atoms with Crippen LogP contribution >= 0.6 is 27.5 Å². The average molecular weight is 321 g/mol. The number of rotatable bonds is 4. The van der Waals surface area contributed by atoms with Crippen molar-refractivity contribution in [2.75, 3.05) is 6.61 Å². The smallest absolute Gasteiger partial charge is 0.251 e. The van der Waals surface area contributed by atoms with E-state index in [1.165, 1.54) is 0 Å². The molecule has 3 nitrogen and oxygen atoms in total. The fraction of sp³-hybridized carbons (Fsp3) is 0.417. The van der Waals surface area contributed by atoms with Crippen molar-refractivity contribution in [1.29, 1.82) is 0 Å². The van der Waals surface area contributed by atoms with Crippen LogP contribution < -0.4 is 5.32 Å². The van der Waals surface area contributed by atoms with Crippen molar-refractivity contribution in [2.45, 2.75) is 19.9 Å². The van der Waals surface area contributed by atoms with E-state index in [4.69, 9.17) is 16.7 Å². The Kier molecular flexibility index (Phi) is 5.43. The molecule has 1 rings (SSSR count). The number of aliphatic hydroxyl groups excluding tert-OH is 1. The highest BCUT2D eigenvalue weighted by molar-refractivity contribution is 9.10. The summed E-state index contributed by atoms with van der Waals surface area (Å²) in [6, 6.07) is 4.75. The highest BCUT2D eigenvalue weighted by Crippen LogP contribution is 2.19. The summed E-state index contributed by atoms with van der Waals surface area (Å²) in [5, 5.41) is 12.4. The quantitative estimate of drug-likeness (QED) is 0.896. The maximum atomic E-state index is 11.9. The first-order valence-electron chi connectivity index (χ1n) is 5.32. The minimum absolute atomic E-state index is 0.0782. The molecule has 0 aliphatic rings. The molecule has 0 aliphatic heterocycles. The predicted octanol–water partition coefficient (Wildman–Crippen LogP) is 2.85. The molecule has 0 radical (unpaired) electrons. The van der Waals surface area contributed by atoms with Crippen LogP contribution in [0.4, 0.5) is 0 Å². The minimum Gasteiger partial charge on any atom is -0.394 e. The summed E-state index contributed by atoms with van der Waals surface area (Å²) >= 11 is 9.15. The second kappa shape index (κ2) is 6.38. The Bertz CT molecular complexity index is 389. The second-order valence-corrected chi connectivity index (χ2v) is 5.52. The molecule has 0 spiro atoms. The number of aliphatic hydroxyl groups is 1. The van der Waals surface area contributed by atoms with Gasteiger partial charge in [0.1, 0.15) is 0 Å². The van der Waals surface area contributed by atoms with Crippen LogP contribution in [0.5, 0.6) is 0 Å². The molecule has 0 heterocycles. The molecule has 0 saturated carbocycles. The van der Waals surface area contributed by atoms with Crippen molar-refractivity contribution < 1.29 is 9.90 Å². The van der Waals surface area contributed by atoms with Gasteiger partial charge in [0.05, 0.1) is 12.6 Å². The molecule has 17 heavy (non-hydrogen) atoms. The van der Waals surface area contributed by atoms with Gasteiger partial charge in [0.2, 0.25) is 0 Å². The first-order valence-corrected chi connectivity index (χ1v) is 6.49. The largest absolute Gasteiger partial charge is 0.394 e. The van der Waals surface area contributed by atoms with Gasteiger partial charge in [-0.1, -0.05) is 41.4 Å².